The Bertz CT molecular complexity index is 323. The third-order valence-corrected chi connectivity index (χ3v) is 3.79. The first kappa shape index (κ1) is 17.0. The number of nitrogens with zero attached hydrogens (tertiary/aromatic N) is 2. The summed E-state index contributed by atoms with van der Waals surface area (Å²) in [7, 11) is 0. The number of amides is 2. The fourth-order valence-electron chi connectivity index (χ4n) is 2.51. The van der Waals surface area contributed by atoms with E-state index in [0.717, 1.165) is 12.8 Å². The molecule has 0 aromatic carbocycles. The Morgan fingerprint density at radius 2 is 1.60 bits per heavy atom. The standard InChI is InChI=1S/C15H29N3O2/c1-12(2)11-14(19)17-7-9-18(10-8-17)15(20)13(3)5-4-6-16/h12-13H,4-11,16H2,1-3H3. The largest absolute Gasteiger partial charge is 0.339 e. The minimum absolute atomic E-state index is 0.0384. The number of hydrogen-bond donors (Lipinski definition) is 1. The van der Waals surface area contributed by atoms with E-state index < -0.39 is 0 Å². The Kier molecular flexibility index (Phi) is 6.99. The molecule has 0 bridgehead atoms. The van der Waals surface area contributed by atoms with E-state index in [0.29, 0.717) is 45.1 Å². The molecule has 5 heteroatoms. The van der Waals surface area contributed by atoms with Gasteiger partial charge in [-0.2, -0.15) is 0 Å². The number of nitrogens with two attached hydrogens (primary N) is 1. The summed E-state index contributed by atoms with van der Waals surface area (Å²) in [5, 5.41) is 0. The van der Waals surface area contributed by atoms with E-state index in [4.69, 9.17) is 5.73 Å². The molecule has 1 atom stereocenters. The maximum Gasteiger partial charge on any atom is 0.225 e. The Morgan fingerprint density at radius 1 is 1.05 bits per heavy atom. The average molecular weight is 283 g/mol. The van der Waals surface area contributed by atoms with Crippen LogP contribution in [0.25, 0.3) is 0 Å². The van der Waals surface area contributed by atoms with Crippen LogP contribution in [-0.4, -0.2) is 54.3 Å². The molecule has 0 aromatic rings. The molecule has 5 nitrogen and oxygen atoms in total. The van der Waals surface area contributed by atoms with Crippen LogP contribution < -0.4 is 5.73 Å². The molecule has 2 N–H and O–H groups in total. The Balaban J connectivity index is 2.38. The van der Waals surface area contributed by atoms with Crippen LogP contribution in [0.2, 0.25) is 0 Å². The van der Waals surface area contributed by atoms with E-state index in [9.17, 15) is 9.59 Å². The molecule has 1 saturated heterocycles. The van der Waals surface area contributed by atoms with Crippen LogP contribution >= 0.6 is 0 Å². The van der Waals surface area contributed by atoms with Gasteiger partial charge in [-0.15, -0.1) is 0 Å². The monoisotopic (exact) mass is 283 g/mol. The van der Waals surface area contributed by atoms with Crippen molar-refractivity contribution in [1.82, 2.24) is 9.80 Å². The van der Waals surface area contributed by atoms with Gasteiger partial charge in [-0.3, -0.25) is 9.59 Å². The lowest BCUT2D eigenvalue weighted by Gasteiger charge is -2.36. The molecule has 20 heavy (non-hydrogen) atoms. The highest BCUT2D eigenvalue weighted by Gasteiger charge is 2.26. The van der Waals surface area contributed by atoms with Gasteiger partial charge in [-0.05, 0) is 25.3 Å². The summed E-state index contributed by atoms with van der Waals surface area (Å²) in [6, 6.07) is 0. The zero-order valence-electron chi connectivity index (χ0n) is 13.1. The van der Waals surface area contributed by atoms with Crippen molar-refractivity contribution in [3.63, 3.8) is 0 Å². The Morgan fingerprint density at radius 3 is 2.10 bits per heavy atom. The second kappa shape index (κ2) is 8.25. The van der Waals surface area contributed by atoms with E-state index in [1.165, 1.54) is 0 Å². The smallest absolute Gasteiger partial charge is 0.225 e. The molecule has 1 aliphatic heterocycles. The highest BCUT2D eigenvalue weighted by atomic mass is 16.2. The van der Waals surface area contributed by atoms with E-state index in [1.54, 1.807) is 0 Å². The highest BCUT2D eigenvalue weighted by molar-refractivity contribution is 5.79. The third-order valence-electron chi connectivity index (χ3n) is 3.79. The number of carbonyl (C=O) groups is 2. The molecule has 1 fully saturated rings. The topological polar surface area (TPSA) is 66.6 Å². The van der Waals surface area contributed by atoms with Gasteiger partial charge in [-0.25, -0.2) is 0 Å². The molecule has 1 unspecified atom stereocenters. The number of carbonyl (C=O) groups excluding carboxylic acids is 2. The minimum Gasteiger partial charge on any atom is -0.339 e. The van der Waals surface area contributed by atoms with Crippen LogP contribution in [-0.2, 0) is 9.59 Å². The van der Waals surface area contributed by atoms with E-state index in [1.807, 2.05) is 16.7 Å². The lowest BCUT2D eigenvalue weighted by atomic mass is 10.0. The van der Waals surface area contributed by atoms with Gasteiger partial charge < -0.3 is 15.5 Å². The van der Waals surface area contributed by atoms with Crippen LogP contribution in [0.1, 0.15) is 40.0 Å². The quantitative estimate of drug-likeness (QED) is 0.793. The summed E-state index contributed by atoms with van der Waals surface area (Å²) in [4.78, 5) is 28.0. The van der Waals surface area contributed by atoms with Crippen molar-refractivity contribution < 1.29 is 9.59 Å². The van der Waals surface area contributed by atoms with Gasteiger partial charge >= 0.3 is 0 Å². The molecular weight excluding hydrogens is 254 g/mol. The second-order valence-corrected chi connectivity index (χ2v) is 6.14. The lowest BCUT2D eigenvalue weighted by Crippen LogP contribution is -2.51. The highest BCUT2D eigenvalue weighted by Crippen LogP contribution is 2.13. The molecule has 0 aliphatic carbocycles. The maximum atomic E-state index is 12.2. The van der Waals surface area contributed by atoms with E-state index >= 15 is 0 Å². The van der Waals surface area contributed by atoms with Crippen molar-refractivity contribution in [3.05, 3.63) is 0 Å². The molecule has 0 aromatic heterocycles. The molecule has 1 aliphatic rings. The first-order valence-corrected chi connectivity index (χ1v) is 7.72. The number of rotatable bonds is 6. The molecule has 116 valence electrons. The first-order chi connectivity index (χ1) is 9.45. The van der Waals surface area contributed by atoms with Crippen LogP contribution in [0.15, 0.2) is 0 Å². The van der Waals surface area contributed by atoms with Crippen LogP contribution in [0, 0.1) is 11.8 Å². The molecule has 0 radical (unpaired) electrons. The molecule has 2 amide bonds. The maximum absolute atomic E-state index is 12.2. The summed E-state index contributed by atoms with van der Waals surface area (Å²) in [5.41, 5.74) is 5.48. The Hall–Kier alpha value is -1.10. The van der Waals surface area contributed by atoms with Crippen molar-refractivity contribution in [3.8, 4) is 0 Å². The first-order valence-electron chi connectivity index (χ1n) is 7.72. The Labute approximate surface area is 122 Å². The number of piperazine rings is 1. The molecular formula is C15H29N3O2. The van der Waals surface area contributed by atoms with Gasteiger partial charge in [0.15, 0.2) is 0 Å². The van der Waals surface area contributed by atoms with E-state index in [-0.39, 0.29) is 17.7 Å². The van der Waals surface area contributed by atoms with E-state index in [2.05, 4.69) is 13.8 Å². The molecule has 1 rings (SSSR count). The van der Waals surface area contributed by atoms with Gasteiger partial charge in [0.05, 0.1) is 0 Å². The van der Waals surface area contributed by atoms with Crippen molar-refractivity contribution in [2.45, 2.75) is 40.0 Å². The van der Waals surface area contributed by atoms with Crippen LogP contribution in [0.5, 0.6) is 0 Å². The zero-order valence-corrected chi connectivity index (χ0v) is 13.1. The summed E-state index contributed by atoms with van der Waals surface area (Å²) < 4.78 is 0. The van der Waals surface area contributed by atoms with Gasteiger partial charge in [0.2, 0.25) is 11.8 Å². The van der Waals surface area contributed by atoms with Gasteiger partial charge in [-0.1, -0.05) is 20.8 Å². The fraction of sp³-hybridized carbons (Fsp3) is 0.867. The normalized spacial score (nSPS) is 17.4. The third kappa shape index (κ3) is 5.12. The average Bonchev–Trinajstić information content (AvgIpc) is 2.43. The van der Waals surface area contributed by atoms with Crippen molar-refractivity contribution in [2.24, 2.45) is 17.6 Å². The van der Waals surface area contributed by atoms with Crippen molar-refractivity contribution in [2.75, 3.05) is 32.7 Å². The SMILES string of the molecule is CC(C)CC(=O)N1CCN(C(=O)C(C)CCCN)CC1. The van der Waals surface area contributed by atoms with Gasteiger partial charge in [0.1, 0.15) is 0 Å². The predicted octanol–water partition coefficient (Wildman–Crippen LogP) is 1.08. The molecule has 0 saturated carbocycles. The molecule has 1 heterocycles. The van der Waals surface area contributed by atoms with Gasteiger partial charge in [0.25, 0.3) is 0 Å². The van der Waals surface area contributed by atoms with Gasteiger partial charge in [0, 0.05) is 38.5 Å². The number of hydrogen-bond acceptors (Lipinski definition) is 3. The van der Waals surface area contributed by atoms with Crippen LogP contribution in [0.4, 0.5) is 0 Å². The second-order valence-electron chi connectivity index (χ2n) is 6.14. The van der Waals surface area contributed by atoms with Crippen molar-refractivity contribution >= 4 is 11.8 Å². The van der Waals surface area contributed by atoms with Crippen LogP contribution in [0.3, 0.4) is 0 Å². The molecule has 0 spiro atoms. The lowest BCUT2D eigenvalue weighted by molar-refractivity contribution is -0.142. The summed E-state index contributed by atoms with van der Waals surface area (Å²) >= 11 is 0. The zero-order chi connectivity index (χ0) is 15.1. The summed E-state index contributed by atoms with van der Waals surface area (Å²) in [6.07, 6.45) is 2.34. The van der Waals surface area contributed by atoms with Crippen molar-refractivity contribution in [1.29, 1.82) is 0 Å². The predicted molar refractivity (Wildman–Crippen MR) is 80.1 cm³/mol. The fourth-order valence-corrected chi connectivity index (χ4v) is 2.51. The summed E-state index contributed by atoms with van der Waals surface area (Å²) in [5.74, 6) is 0.840. The summed E-state index contributed by atoms with van der Waals surface area (Å²) in [6.45, 7) is 9.37. The minimum atomic E-state index is 0.0384.